The van der Waals surface area contributed by atoms with Crippen molar-refractivity contribution >= 4 is 0 Å². The van der Waals surface area contributed by atoms with Crippen molar-refractivity contribution in [2.24, 2.45) is 0 Å². The number of halogens is 1. The lowest BCUT2D eigenvalue weighted by atomic mass is 10.1. The van der Waals surface area contributed by atoms with Crippen LogP contribution in [-0.4, -0.2) is 38.1 Å². The van der Waals surface area contributed by atoms with Gasteiger partial charge in [0.1, 0.15) is 12.2 Å². The molecule has 0 radical (unpaired) electrons. The van der Waals surface area contributed by atoms with Crippen LogP contribution in [0.3, 0.4) is 0 Å². The van der Waals surface area contributed by atoms with Crippen LogP contribution in [0, 0.1) is 5.82 Å². The van der Waals surface area contributed by atoms with Crippen LogP contribution in [-0.2, 0) is 4.74 Å². The summed E-state index contributed by atoms with van der Waals surface area (Å²) >= 11 is 0. The summed E-state index contributed by atoms with van der Waals surface area (Å²) in [6.07, 6.45) is -3.83. The number of nitrogens with zero attached hydrogens (tertiary/aromatic N) is 1. The van der Waals surface area contributed by atoms with Crippen LogP contribution in [0.25, 0.3) is 0 Å². The Balaban J connectivity index is 2.46. The predicted octanol–water partition coefficient (Wildman–Crippen LogP) is -1.69. The molecule has 0 aromatic carbocycles. The zero-order valence-electron chi connectivity index (χ0n) is 8.83. The molecule has 1 aliphatic heterocycles. The van der Waals surface area contributed by atoms with Crippen molar-refractivity contribution in [2.75, 3.05) is 0 Å². The summed E-state index contributed by atoms with van der Waals surface area (Å²) in [6.45, 7) is 1.50. The monoisotopic (exact) mass is 246 g/mol. The number of H-pyrrole nitrogens is 1. The third-order valence-electron chi connectivity index (χ3n) is 2.68. The first-order valence-corrected chi connectivity index (χ1v) is 4.94. The number of aromatic amines is 1. The van der Waals surface area contributed by atoms with Crippen molar-refractivity contribution in [1.29, 1.82) is 0 Å². The average Bonchev–Trinajstić information content (AvgIpc) is 2.51. The Morgan fingerprint density at radius 1 is 1.41 bits per heavy atom. The second-order valence-corrected chi connectivity index (χ2v) is 3.86. The summed E-state index contributed by atoms with van der Waals surface area (Å²) in [6, 6.07) is 0. The first kappa shape index (κ1) is 12.0. The van der Waals surface area contributed by atoms with Crippen molar-refractivity contribution < 1.29 is 19.3 Å². The van der Waals surface area contributed by atoms with Gasteiger partial charge in [0.25, 0.3) is 5.56 Å². The molecule has 0 unspecified atom stereocenters. The fourth-order valence-corrected chi connectivity index (χ4v) is 1.71. The molecule has 1 saturated heterocycles. The molecular weight excluding hydrogens is 235 g/mol. The standard InChI is InChI=1S/C9H11FN2O5/c1-3-5(13)6(14)8(17-3)12-2-4(10)7(15)11-9(12)16/h2-3,5-6,8,13-14H,1H3,(H,11,15,16)/t3-,5+,6+,8+/m0/s1. The number of aromatic nitrogens is 2. The van der Waals surface area contributed by atoms with Crippen molar-refractivity contribution in [3.63, 3.8) is 0 Å². The van der Waals surface area contributed by atoms with Gasteiger partial charge in [0.15, 0.2) is 6.23 Å². The molecule has 8 heteroatoms. The minimum Gasteiger partial charge on any atom is -0.388 e. The summed E-state index contributed by atoms with van der Waals surface area (Å²) in [5.74, 6) is -1.17. The SMILES string of the molecule is C[C@@H]1O[C@@H](n2cc(F)c(=O)[nH]c2=O)[C@H](O)[C@@H]1O. The summed E-state index contributed by atoms with van der Waals surface area (Å²) in [4.78, 5) is 24.0. The highest BCUT2D eigenvalue weighted by Gasteiger charge is 2.41. The molecule has 2 rings (SSSR count). The zero-order chi connectivity index (χ0) is 12.7. The molecule has 0 aliphatic carbocycles. The van der Waals surface area contributed by atoms with Gasteiger partial charge in [0, 0.05) is 0 Å². The summed E-state index contributed by atoms with van der Waals surface area (Å²) in [7, 11) is 0. The number of aliphatic hydroxyl groups is 2. The van der Waals surface area contributed by atoms with E-state index in [0.717, 1.165) is 0 Å². The van der Waals surface area contributed by atoms with Gasteiger partial charge in [0.2, 0.25) is 5.82 Å². The van der Waals surface area contributed by atoms with E-state index in [0.29, 0.717) is 10.8 Å². The maximum absolute atomic E-state index is 13.0. The van der Waals surface area contributed by atoms with E-state index in [4.69, 9.17) is 4.74 Å². The molecule has 1 aliphatic rings. The highest BCUT2D eigenvalue weighted by atomic mass is 19.1. The van der Waals surface area contributed by atoms with E-state index in [1.807, 2.05) is 0 Å². The highest BCUT2D eigenvalue weighted by Crippen LogP contribution is 2.27. The topological polar surface area (TPSA) is 105 Å². The maximum atomic E-state index is 13.0. The highest BCUT2D eigenvalue weighted by molar-refractivity contribution is 4.93. The van der Waals surface area contributed by atoms with E-state index >= 15 is 0 Å². The molecule has 7 nitrogen and oxygen atoms in total. The average molecular weight is 246 g/mol. The van der Waals surface area contributed by atoms with Crippen LogP contribution in [0.5, 0.6) is 0 Å². The smallest absolute Gasteiger partial charge is 0.330 e. The van der Waals surface area contributed by atoms with Gasteiger partial charge >= 0.3 is 5.69 Å². The van der Waals surface area contributed by atoms with Crippen LogP contribution in [0.15, 0.2) is 15.8 Å². The lowest BCUT2D eigenvalue weighted by molar-refractivity contribution is -0.0356. The molecule has 17 heavy (non-hydrogen) atoms. The van der Waals surface area contributed by atoms with Gasteiger partial charge in [-0.2, -0.15) is 4.39 Å². The number of hydrogen-bond acceptors (Lipinski definition) is 5. The molecule has 1 aromatic heterocycles. The van der Waals surface area contributed by atoms with E-state index in [9.17, 15) is 24.2 Å². The van der Waals surface area contributed by atoms with E-state index in [1.165, 1.54) is 6.92 Å². The normalized spacial score (nSPS) is 32.9. The summed E-state index contributed by atoms with van der Waals surface area (Å²) < 4.78 is 18.9. The first-order valence-electron chi connectivity index (χ1n) is 4.94. The third-order valence-corrected chi connectivity index (χ3v) is 2.68. The fraction of sp³-hybridized carbons (Fsp3) is 0.556. The van der Waals surface area contributed by atoms with E-state index in [2.05, 4.69) is 0 Å². The summed E-state index contributed by atoms with van der Waals surface area (Å²) in [5, 5.41) is 19.1. The molecule has 4 atom stereocenters. The van der Waals surface area contributed by atoms with Crippen molar-refractivity contribution in [3.05, 3.63) is 32.9 Å². The Kier molecular flexibility index (Phi) is 2.86. The molecule has 94 valence electrons. The lowest BCUT2D eigenvalue weighted by Crippen LogP contribution is -2.38. The largest absolute Gasteiger partial charge is 0.388 e. The van der Waals surface area contributed by atoms with Crippen molar-refractivity contribution in [3.8, 4) is 0 Å². The van der Waals surface area contributed by atoms with E-state index in [-0.39, 0.29) is 0 Å². The molecule has 0 saturated carbocycles. The minimum absolute atomic E-state index is 0.639. The molecule has 0 amide bonds. The van der Waals surface area contributed by atoms with Gasteiger partial charge in [0.05, 0.1) is 12.3 Å². The Labute approximate surface area is 94.1 Å². The minimum atomic E-state index is -1.37. The van der Waals surface area contributed by atoms with Crippen molar-refractivity contribution in [1.82, 2.24) is 9.55 Å². The number of aliphatic hydroxyl groups excluding tert-OH is 2. The number of nitrogens with one attached hydrogen (secondary N) is 1. The zero-order valence-corrected chi connectivity index (χ0v) is 8.83. The second kappa shape index (κ2) is 4.06. The van der Waals surface area contributed by atoms with E-state index in [1.54, 1.807) is 4.98 Å². The fourth-order valence-electron chi connectivity index (χ4n) is 1.71. The Morgan fingerprint density at radius 2 is 2.06 bits per heavy atom. The molecule has 0 spiro atoms. The van der Waals surface area contributed by atoms with Gasteiger partial charge in [-0.15, -0.1) is 0 Å². The molecule has 0 bridgehead atoms. The molecular formula is C9H11FN2O5. The Bertz CT molecular complexity index is 539. The molecule has 2 heterocycles. The molecule has 1 fully saturated rings. The molecule has 1 aromatic rings. The van der Waals surface area contributed by atoms with Crippen LogP contribution >= 0.6 is 0 Å². The van der Waals surface area contributed by atoms with Crippen LogP contribution in [0.1, 0.15) is 13.2 Å². The maximum Gasteiger partial charge on any atom is 0.330 e. The predicted molar refractivity (Wildman–Crippen MR) is 52.9 cm³/mol. The third kappa shape index (κ3) is 1.90. The van der Waals surface area contributed by atoms with Gasteiger partial charge in [-0.3, -0.25) is 14.3 Å². The van der Waals surface area contributed by atoms with Crippen LogP contribution in [0.2, 0.25) is 0 Å². The van der Waals surface area contributed by atoms with Crippen LogP contribution in [0.4, 0.5) is 4.39 Å². The Hall–Kier alpha value is -1.51. The quantitative estimate of drug-likeness (QED) is 0.548. The van der Waals surface area contributed by atoms with E-state index < -0.39 is 41.6 Å². The number of rotatable bonds is 1. The van der Waals surface area contributed by atoms with Gasteiger partial charge in [-0.25, -0.2) is 4.79 Å². The van der Waals surface area contributed by atoms with Gasteiger partial charge in [-0.05, 0) is 6.92 Å². The first-order chi connectivity index (χ1) is 7.91. The lowest BCUT2D eigenvalue weighted by Gasteiger charge is -2.16. The van der Waals surface area contributed by atoms with Gasteiger partial charge < -0.3 is 14.9 Å². The molecule has 3 N–H and O–H groups in total. The van der Waals surface area contributed by atoms with Crippen molar-refractivity contribution in [2.45, 2.75) is 31.5 Å². The number of hydrogen-bond donors (Lipinski definition) is 3. The number of ether oxygens (including phenoxy) is 1. The second-order valence-electron chi connectivity index (χ2n) is 3.86. The summed E-state index contributed by atoms with van der Waals surface area (Å²) in [5.41, 5.74) is -2.06. The van der Waals surface area contributed by atoms with Crippen LogP contribution < -0.4 is 11.2 Å². The van der Waals surface area contributed by atoms with Gasteiger partial charge in [-0.1, -0.05) is 0 Å². The Morgan fingerprint density at radius 3 is 2.59 bits per heavy atom.